The summed E-state index contributed by atoms with van der Waals surface area (Å²) in [4.78, 5) is 14.0. The molecule has 1 heterocycles. The fourth-order valence-electron chi connectivity index (χ4n) is 2.35. The highest BCUT2D eigenvalue weighted by atomic mass is 16.1. The normalized spacial score (nSPS) is 17.9. The number of nitrogens with zero attached hydrogens (tertiary/aromatic N) is 1. The van der Waals surface area contributed by atoms with Crippen LogP contribution in [0, 0.1) is 0 Å². The van der Waals surface area contributed by atoms with Crippen LogP contribution in [0.5, 0.6) is 0 Å². The van der Waals surface area contributed by atoms with Gasteiger partial charge in [-0.3, -0.25) is 9.69 Å². The Morgan fingerprint density at radius 2 is 2.06 bits per heavy atom. The van der Waals surface area contributed by atoms with Gasteiger partial charge in [0.05, 0.1) is 6.04 Å². The molecule has 2 rings (SSSR count). The summed E-state index contributed by atoms with van der Waals surface area (Å²) in [6, 6.07) is 8.60. The molecule has 0 amide bonds. The van der Waals surface area contributed by atoms with Crippen molar-refractivity contribution in [1.82, 2.24) is 4.90 Å². The van der Waals surface area contributed by atoms with Crippen molar-refractivity contribution in [3.05, 3.63) is 35.4 Å². The van der Waals surface area contributed by atoms with Gasteiger partial charge in [0, 0.05) is 19.5 Å². The second-order valence-electron chi connectivity index (χ2n) is 4.49. The molecule has 0 saturated carbocycles. The molecule has 86 valence electrons. The van der Waals surface area contributed by atoms with E-state index >= 15 is 0 Å². The zero-order valence-electron chi connectivity index (χ0n) is 10.1. The summed E-state index contributed by atoms with van der Waals surface area (Å²) < 4.78 is 0. The second-order valence-corrected chi connectivity index (χ2v) is 4.49. The number of hydrogen-bond donors (Lipinski definition) is 0. The summed E-state index contributed by atoms with van der Waals surface area (Å²) in [5, 5.41) is 0. The van der Waals surface area contributed by atoms with Crippen molar-refractivity contribution in [2.24, 2.45) is 0 Å². The summed E-state index contributed by atoms with van der Waals surface area (Å²) >= 11 is 0. The monoisotopic (exact) mass is 217 g/mol. The van der Waals surface area contributed by atoms with E-state index in [-0.39, 0.29) is 6.04 Å². The predicted octanol–water partition coefficient (Wildman–Crippen LogP) is 2.41. The molecule has 0 spiro atoms. The van der Waals surface area contributed by atoms with E-state index in [0.29, 0.717) is 12.2 Å². The lowest BCUT2D eigenvalue weighted by atomic mass is 9.98. The maximum Gasteiger partial charge on any atom is 0.149 e. The van der Waals surface area contributed by atoms with Crippen LogP contribution in [0.25, 0.3) is 0 Å². The largest absolute Gasteiger partial charge is 0.298 e. The molecule has 1 aromatic carbocycles. The molecule has 0 bridgehead atoms. The highest BCUT2D eigenvalue weighted by Crippen LogP contribution is 2.20. The lowest BCUT2D eigenvalue weighted by Crippen LogP contribution is -2.41. The van der Waals surface area contributed by atoms with Gasteiger partial charge in [-0.2, -0.15) is 0 Å². The third-order valence-electron chi connectivity index (χ3n) is 3.52. The van der Waals surface area contributed by atoms with E-state index in [4.69, 9.17) is 0 Å². The van der Waals surface area contributed by atoms with Crippen molar-refractivity contribution in [2.75, 3.05) is 6.54 Å². The lowest BCUT2D eigenvalue weighted by molar-refractivity contribution is -0.123. The molecular weight excluding hydrogens is 198 g/mol. The number of carbonyl (C=O) groups is 1. The first-order valence-corrected chi connectivity index (χ1v) is 6.06. The van der Waals surface area contributed by atoms with Gasteiger partial charge in [-0.25, -0.2) is 0 Å². The van der Waals surface area contributed by atoms with Crippen LogP contribution in [0.1, 0.15) is 31.4 Å². The van der Waals surface area contributed by atoms with Crippen molar-refractivity contribution < 1.29 is 4.79 Å². The average Bonchev–Trinajstić information content (AvgIpc) is 2.36. The van der Waals surface area contributed by atoms with E-state index in [0.717, 1.165) is 19.5 Å². The first-order valence-electron chi connectivity index (χ1n) is 6.06. The van der Waals surface area contributed by atoms with E-state index < -0.39 is 0 Å². The van der Waals surface area contributed by atoms with Crippen LogP contribution >= 0.6 is 0 Å². The standard InChI is InChI=1S/C14H19NO/c1-3-14(16)11(2)15-9-8-12-6-4-5-7-13(12)10-15/h4-7,11H,3,8-10H2,1-2H3. The summed E-state index contributed by atoms with van der Waals surface area (Å²) in [6.45, 7) is 5.89. The van der Waals surface area contributed by atoms with Crippen molar-refractivity contribution in [3.63, 3.8) is 0 Å². The minimum atomic E-state index is 0.0679. The molecule has 2 heteroatoms. The van der Waals surface area contributed by atoms with Crippen molar-refractivity contribution in [2.45, 2.75) is 39.3 Å². The second kappa shape index (κ2) is 4.79. The fraction of sp³-hybridized carbons (Fsp3) is 0.500. The van der Waals surface area contributed by atoms with Crippen molar-refractivity contribution in [3.8, 4) is 0 Å². The fourth-order valence-corrected chi connectivity index (χ4v) is 2.35. The summed E-state index contributed by atoms with van der Waals surface area (Å²) in [6.07, 6.45) is 1.71. The van der Waals surface area contributed by atoms with Gasteiger partial charge in [0.15, 0.2) is 0 Å². The Morgan fingerprint density at radius 3 is 2.75 bits per heavy atom. The molecule has 0 N–H and O–H groups in total. The van der Waals surface area contributed by atoms with Crippen LogP contribution < -0.4 is 0 Å². The van der Waals surface area contributed by atoms with Crippen LogP contribution in [-0.2, 0) is 17.8 Å². The van der Waals surface area contributed by atoms with Gasteiger partial charge in [-0.15, -0.1) is 0 Å². The number of ketones is 1. The smallest absolute Gasteiger partial charge is 0.149 e. The Morgan fingerprint density at radius 1 is 1.38 bits per heavy atom. The summed E-state index contributed by atoms with van der Waals surface area (Å²) in [5.74, 6) is 0.347. The van der Waals surface area contributed by atoms with Gasteiger partial charge in [0.1, 0.15) is 5.78 Å². The minimum Gasteiger partial charge on any atom is -0.298 e. The SMILES string of the molecule is CCC(=O)C(C)N1CCc2ccccc2C1. The molecule has 0 saturated heterocycles. The number of Topliss-reactive ketones (excluding diaryl/α,β-unsaturated/α-hetero) is 1. The Hall–Kier alpha value is -1.15. The topological polar surface area (TPSA) is 20.3 Å². The van der Waals surface area contributed by atoms with E-state index in [1.165, 1.54) is 11.1 Å². The molecule has 0 radical (unpaired) electrons. The van der Waals surface area contributed by atoms with Crippen LogP contribution in [0.15, 0.2) is 24.3 Å². The van der Waals surface area contributed by atoms with E-state index in [9.17, 15) is 4.79 Å². The van der Waals surface area contributed by atoms with Crippen molar-refractivity contribution in [1.29, 1.82) is 0 Å². The van der Waals surface area contributed by atoms with Gasteiger partial charge < -0.3 is 0 Å². The summed E-state index contributed by atoms with van der Waals surface area (Å²) in [7, 11) is 0. The third kappa shape index (κ3) is 2.17. The Labute approximate surface area is 97.3 Å². The van der Waals surface area contributed by atoms with E-state index in [1.807, 2.05) is 13.8 Å². The molecule has 0 fully saturated rings. The zero-order chi connectivity index (χ0) is 11.5. The van der Waals surface area contributed by atoms with Gasteiger partial charge in [0.2, 0.25) is 0 Å². The number of rotatable bonds is 3. The highest BCUT2D eigenvalue weighted by molar-refractivity contribution is 5.83. The van der Waals surface area contributed by atoms with Gasteiger partial charge >= 0.3 is 0 Å². The van der Waals surface area contributed by atoms with Crippen LogP contribution in [0.2, 0.25) is 0 Å². The lowest BCUT2D eigenvalue weighted by Gasteiger charge is -2.32. The average molecular weight is 217 g/mol. The number of carbonyl (C=O) groups excluding carboxylic acids is 1. The maximum atomic E-state index is 11.7. The molecular formula is C14H19NO. The molecule has 1 aliphatic heterocycles. The number of benzene rings is 1. The molecule has 1 aromatic rings. The van der Waals surface area contributed by atoms with Gasteiger partial charge in [-0.1, -0.05) is 31.2 Å². The zero-order valence-corrected chi connectivity index (χ0v) is 10.1. The van der Waals surface area contributed by atoms with Gasteiger partial charge in [-0.05, 0) is 24.5 Å². The predicted molar refractivity (Wildman–Crippen MR) is 65.3 cm³/mol. The Kier molecular flexibility index (Phi) is 3.39. The quantitative estimate of drug-likeness (QED) is 0.775. The van der Waals surface area contributed by atoms with Crippen LogP contribution in [-0.4, -0.2) is 23.3 Å². The minimum absolute atomic E-state index is 0.0679. The summed E-state index contributed by atoms with van der Waals surface area (Å²) in [5.41, 5.74) is 2.82. The number of fused-ring (bicyclic) bond motifs is 1. The molecule has 2 nitrogen and oxygen atoms in total. The first-order chi connectivity index (χ1) is 7.72. The number of hydrogen-bond acceptors (Lipinski definition) is 2. The molecule has 1 unspecified atom stereocenters. The highest BCUT2D eigenvalue weighted by Gasteiger charge is 2.23. The van der Waals surface area contributed by atoms with E-state index in [2.05, 4.69) is 29.2 Å². The molecule has 0 aromatic heterocycles. The third-order valence-corrected chi connectivity index (χ3v) is 3.52. The first kappa shape index (κ1) is 11.3. The van der Waals surface area contributed by atoms with Crippen LogP contribution in [0.4, 0.5) is 0 Å². The maximum absolute atomic E-state index is 11.7. The Bertz CT molecular complexity index is 386. The van der Waals surface area contributed by atoms with Crippen LogP contribution in [0.3, 0.4) is 0 Å². The molecule has 1 atom stereocenters. The van der Waals surface area contributed by atoms with E-state index in [1.54, 1.807) is 0 Å². The van der Waals surface area contributed by atoms with Gasteiger partial charge in [0.25, 0.3) is 0 Å². The molecule has 1 aliphatic rings. The Balaban J connectivity index is 2.10. The van der Waals surface area contributed by atoms with Crippen molar-refractivity contribution >= 4 is 5.78 Å². The molecule has 0 aliphatic carbocycles. The molecule has 16 heavy (non-hydrogen) atoms.